The van der Waals surface area contributed by atoms with E-state index in [0.29, 0.717) is 18.0 Å². The van der Waals surface area contributed by atoms with Gasteiger partial charge in [-0.15, -0.1) is 0 Å². The van der Waals surface area contributed by atoms with Gasteiger partial charge in [0, 0.05) is 11.8 Å². The number of imide groups is 1. The predicted octanol–water partition coefficient (Wildman–Crippen LogP) is 6.17. The van der Waals surface area contributed by atoms with Crippen LogP contribution in [-0.4, -0.2) is 18.4 Å². The van der Waals surface area contributed by atoms with Gasteiger partial charge in [0.1, 0.15) is 5.75 Å². The van der Waals surface area contributed by atoms with Gasteiger partial charge in [0.25, 0.3) is 0 Å². The number of hydrogen-bond donors (Lipinski definition) is 0. The molecule has 178 valence electrons. The van der Waals surface area contributed by atoms with Gasteiger partial charge in [0.05, 0.1) is 24.1 Å². The van der Waals surface area contributed by atoms with Crippen molar-refractivity contribution in [3.8, 4) is 5.75 Å². The standard InChI is InChI=1S/C31H31NO3/c1-5-16-35-24-13-9-8-12-23(24)32-29(33)27-25-19-10-6-7-11-20(19)26(28(27)30(32)34)22-17-18(31(2,3)4)14-15-21(22)25/h6-15,17,25-28H,5,16H2,1-4H3/t25-,26-,27-,28-/m1/s1. The van der Waals surface area contributed by atoms with Crippen molar-refractivity contribution in [2.24, 2.45) is 11.8 Å². The lowest BCUT2D eigenvalue weighted by atomic mass is 9.54. The number of para-hydroxylation sites is 2. The molecular weight excluding hydrogens is 434 g/mol. The molecule has 4 aliphatic rings. The molecule has 0 N–H and O–H groups in total. The summed E-state index contributed by atoms with van der Waals surface area (Å²) in [4.78, 5) is 29.6. The summed E-state index contributed by atoms with van der Waals surface area (Å²) in [5.74, 6) is -0.656. The molecule has 7 rings (SSSR count). The van der Waals surface area contributed by atoms with Crippen LogP contribution in [0.2, 0.25) is 0 Å². The third kappa shape index (κ3) is 3.12. The highest BCUT2D eigenvalue weighted by Crippen LogP contribution is 2.62. The van der Waals surface area contributed by atoms with E-state index in [1.807, 2.05) is 37.3 Å². The van der Waals surface area contributed by atoms with Crippen molar-refractivity contribution in [2.45, 2.75) is 51.4 Å². The minimum Gasteiger partial charge on any atom is -0.491 e. The number of nitrogens with zero attached hydrogens (tertiary/aromatic N) is 1. The molecule has 1 aliphatic heterocycles. The summed E-state index contributed by atoms with van der Waals surface area (Å²) in [6.45, 7) is 9.22. The summed E-state index contributed by atoms with van der Waals surface area (Å²) in [6, 6.07) is 22.5. The minimum atomic E-state index is -0.399. The second-order valence-electron chi connectivity index (χ2n) is 11.1. The maximum Gasteiger partial charge on any atom is 0.238 e. The van der Waals surface area contributed by atoms with Gasteiger partial charge in [0.2, 0.25) is 11.8 Å². The molecule has 3 aromatic rings. The Labute approximate surface area is 206 Å². The summed E-state index contributed by atoms with van der Waals surface area (Å²) in [6.07, 6.45) is 0.854. The summed E-state index contributed by atoms with van der Waals surface area (Å²) >= 11 is 0. The van der Waals surface area contributed by atoms with Gasteiger partial charge in [-0.05, 0) is 51.8 Å². The van der Waals surface area contributed by atoms with Crippen molar-refractivity contribution < 1.29 is 14.3 Å². The molecule has 4 nitrogen and oxygen atoms in total. The van der Waals surface area contributed by atoms with Crippen molar-refractivity contribution in [2.75, 3.05) is 11.5 Å². The van der Waals surface area contributed by atoms with Crippen molar-refractivity contribution in [1.82, 2.24) is 0 Å². The lowest BCUT2D eigenvalue weighted by Gasteiger charge is -2.46. The highest BCUT2D eigenvalue weighted by atomic mass is 16.5. The van der Waals surface area contributed by atoms with Gasteiger partial charge >= 0.3 is 0 Å². The topological polar surface area (TPSA) is 46.6 Å². The number of ether oxygens (including phenoxy) is 1. The van der Waals surface area contributed by atoms with Crippen molar-refractivity contribution in [1.29, 1.82) is 0 Å². The zero-order valence-corrected chi connectivity index (χ0v) is 20.7. The number of anilines is 1. The number of benzene rings is 3. The third-order valence-electron chi connectivity index (χ3n) is 7.97. The molecule has 4 heteroatoms. The molecule has 1 saturated heterocycles. The van der Waals surface area contributed by atoms with Crippen LogP contribution in [0.3, 0.4) is 0 Å². The van der Waals surface area contributed by atoms with E-state index in [-0.39, 0.29) is 29.1 Å². The van der Waals surface area contributed by atoms with Crippen molar-refractivity contribution in [3.63, 3.8) is 0 Å². The van der Waals surface area contributed by atoms with Crippen LogP contribution >= 0.6 is 0 Å². The first-order valence-electron chi connectivity index (χ1n) is 12.7. The number of carbonyl (C=O) groups excluding carboxylic acids is 2. The molecule has 0 radical (unpaired) electrons. The monoisotopic (exact) mass is 465 g/mol. The number of amides is 2. The van der Waals surface area contributed by atoms with Gasteiger partial charge < -0.3 is 4.74 Å². The fraction of sp³-hybridized carbons (Fsp3) is 0.355. The second kappa shape index (κ2) is 7.81. The fourth-order valence-electron chi connectivity index (χ4n) is 6.41. The molecule has 0 spiro atoms. The Kier molecular flexibility index (Phi) is 4.93. The molecule has 0 unspecified atom stereocenters. The van der Waals surface area contributed by atoms with Gasteiger partial charge in [-0.25, -0.2) is 4.90 Å². The summed E-state index contributed by atoms with van der Waals surface area (Å²) in [5, 5.41) is 0. The molecular formula is C31H31NO3. The molecule has 35 heavy (non-hydrogen) atoms. The fourth-order valence-corrected chi connectivity index (χ4v) is 6.41. The van der Waals surface area contributed by atoms with Crippen LogP contribution in [0.1, 0.15) is 73.8 Å². The zero-order chi connectivity index (χ0) is 24.5. The van der Waals surface area contributed by atoms with E-state index in [4.69, 9.17) is 4.74 Å². The molecule has 2 amide bonds. The average Bonchev–Trinajstić information content (AvgIpc) is 3.12. The minimum absolute atomic E-state index is 0.00172. The van der Waals surface area contributed by atoms with Gasteiger partial charge in [-0.1, -0.05) is 82.3 Å². The Morgan fingerprint density at radius 3 is 1.97 bits per heavy atom. The van der Waals surface area contributed by atoms with E-state index < -0.39 is 11.8 Å². The summed E-state index contributed by atoms with van der Waals surface area (Å²) in [7, 11) is 0. The van der Waals surface area contributed by atoms with Crippen LogP contribution in [0, 0.1) is 11.8 Å². The predicted molar refractivity (Wildman–Crippen MR) is 137 cm³/mol. The highest BCUT2D eigenvalue weighted by molar-refractivity contribution is 6.24. The van der Waals surface area contributed by atoms with E-state index >= 15 is 0 Å². The molecule has 2 bridgehead atoms. The maximum absolute atomic E-state index is 14.1. The zero-order valence-electron chi connectivity index (χ0n) is 20.7. The van der Waals surface area contributed by atoms with Crippen molar-refractivity contribution in [3.05, 3.63) is 94.5 Å². The Hall–Kier alpha value is -3.40. The quantitative estimate of drug-likeness (QED) is 0.433. The van der Waals surface area contributed by atoms with E-state index in [9.17, 15) is 9.59 Å². The van der Waals surface area contributed by atoms with Gasteiger partial charge in [-0.3, -0.25) is 9.59 Å². The first-order valence-corrected chi connectivity index (χ1v) is 12.7. The first kappa shape index (κ1) is 22.1. The van der Waals surface area contributed by atoms with Crippen LogP contribution in [0.25, 0.3) is 0 Å². The smallest absolute Gasteiger partial charge is 0.238 e. The Morgan fingerprint density at radius 1 is 0.771 bits per heavy atom. The molecule has 0 saturated carbocycles. The van der Waals surface area contributed by atoms with Gasteiger partial charge in [-0.2, -0.15) is 0 Å². The summed E-state index contributed by atoms with van der Waals surface area (Å²) < 4.78 is 5.95. The van der Waals surface area contributed by atoms with Crippen LogP contribution in [-0.2, 0) is 15.0 Å². The van der Waals surface area contributed by atoms with Crippen LogP contribution in [0.15, 0.2) is 66.7 Å². The van der Waals surface area contributed by atoms with Crippen LogP contribution < -0.4 is 9.64 Å². The number of rotatable bonds is 4. The average molecular weight is 466 g/mol. The largest absolute Gasteiger partial charge is 0.491 e. The normalized spacial score (nSPS) is 24.3. The molecule has 0 aromatic heterocycles. The van der Waals surface area contributed by atoms with E-state index in [2.05, 4.69) is 57.2 Å². The second-order valence-corrected chi connectivity index (χ2v) is 11.1. The molecule has 3 aliphatic carbocycles. The van der Waals surface area contributed by atoms with E-state index in [1.54, 1.807) is 0 Å². The highest BCUT2D eigenvalue weighted by Gasteiger charge is 2.62. The van der Waals surface area contributed by atoms with Crippen LogP contribution in [0.4, 0.5) is 5.69 Å². The van der Waals surface area contributed by atoms with Gasteiger partial charge in [0.15, 0.2) is 0 Å². The first-order chi connectivity index (χ1) is 16.8. The number of hydrogen-bond acceptors (Lipinski definition) is 3. The van der Waals surface area contributed by atoms with E-state index in [1.165, 1.54) is 32.7 Å². The Bertz CT molecular complexity index is 1350. The molecule has 1 fully saturated rings. The Morgan fingerprint density at radius 2 is 1.34 bits per heavy atom. The lowest BCUT2D eigenvalue weighted by Crippen LogP contribution is -2.41. The summed E-state index contributed by atoms with van der Waals surface area (Å²) in [5.41, 5.74) is 6.60. The van der Waals surface area contributed by atoms with Crippen LogP contribution in [0.5, 0.6) is 5.75 Å². The molecule has 1 heterocycles. The van der Waals surface area contributed by atoms with E-state index in [0.717, 1.165) is 6.42 Å². The number of carbonyl (C=O) groups is 2. The third-order valence-corrected chi connectivity index (χ3v) is 7.97. The van der Waals surface area contributed by atoms with Crippen molar-refractivity contribution >= 4 is 17.5 Å². The lowest BCUT2D eigenvalue weighted by molar-refractivity contribution is -0.122. The SMILES string of the molecule is CCCOc1ccccc1N1C(=O)[C@@H]2[C@@H]3c4ccccc4[C@H](c4cc(C(C)(C)C)ccc43)[C@H]2C1=O. The molecule has 4 atom stereocenters. The maximum atomic E-state index is 14.1. The molecule has 3 aromatic carbocycles. The Balaban J connectivity index is 1.52.